The van der Waals surface area contributed by atoms with Crippen LogP contribution in [-0.4, -0.2) is 47.9 Å². The molecule has 7 heteroatoms. The highest BCUT2D eigenvalue weighted by Crippen LogP contribution is 2.10. The van der Waals surface area contributed by atoms with Gasteiger partial charge in [0.15, 0.2) is 0 Å². The van der Waals surface area contributed by atoms with Crippen molar-refractivity contribution < 1.29 is 9.59 Å². The maximum atomic E-state index is 12.0. The standard InChI is InChI=1S/C18H29N3O2S.ClH/c1-13(2)16(19)9-10-21(4)18(23)12-24-11-17(22)20-15-7-5-14(3)6-8-15;/h5-8,13,16H,9-12,19H2,1-4H3,(H,20,22);1H. The van der Waals surface area contributed by atoms with Gasteiger partial charge in [0.25, 0.3) is 0 Å². The maximum Gasteiger partial charge on any atom is 0.234 e. The molecule has 3 N–H and O–H groups in total. The van der Waals surface area contributed by atoms with Crippen LogP contribution in [0.3, 0.4) is 0 Å². The molecule has 0 bridgehead atoms. The van der Waals surface area contributed by atoms with Crippen LogP contribution in [0.15, 0.2) is 24.3 Å². The number of aryl methyl sites for hydroxylation is 1. The van der Waals surface area contributed by atoms with E-state index in [0.29, 0.717) is 18.2 Å². The smallest absolute Gasteiger partial charge is 0.234 e. The number of thioether (sulfide) groups is 1. The number of halogens is 1. The highest BCUT2D eigenvalue weighted by molar-refractivity contribution is 8.00. The zero-order chi connectivity index (χ0) is 18.1. The van der Waals surface area contributed by atoms with Gasteiger partial charge < -0.3 is 16.0 Å². The fourth-order valence-corrected chi connectivity index (χ4v) is 2.73. The molecule has 5 nitrogen and oxygen atoms in total. The summed E-state index contributed by atoms with van der Waals surface area (Å²) in [6.45, 7) is 6.80. The van der Waals surface area contributed by atoms with E-state index < -0.39 is 0 Å². The van der Waals surface area contributed by atoms with Crippen molar-refractivity contribution in [2.45, 2.75) is 33.2 Å². The number of anilines is 1. The zero-order valence-corrected chi connectivity index (χ0v) is 17.1. The Morgan fingerprint density at radius 1 is 1.20 bits per heavy atom. The van der Waals surface area contributed by atoms with Gasteiger partial charge in [-0.05, 0) is 31.4 Å². The van der Waals surface area contributed by atoms with E-state index in [2.05, 4.69) is 19.2 Å². The first kappa shape index (κ1) is 23.8. The van der Waals surface area contributed by atoms with Crippen LogP contribution in [0.2, 0.25) is 0 Å². The van der Waals surface area contributed by atoms with Gasteiger partial charge in [0.1, 0.15) is 0 Å². The Kier molecular flexibility index (Phi) is 11.6. The van der Waals surface area contributed by atoms with E-state index in [-0.39, 0.29) is 36.0 Å². The highest BCUT2D eigenvalue weighted by atomic mass is 35.5. The maximum absolute atomic E-state index is 12.0. The third kappa shape index (κ3) is 9.72. The number of rotatable bonds is 9. The van der Waals surface area contributed by atoms with E-state index in [0.717, 1.165) is 17.7 Å². The van der Waals surface area contributed by atoms with Crippen molar-refractivity contribution in [3.8, 4) is 0 Å². The summed E-state index contributed by atoms with van der Waals surface area (Å²) >= 11 is 1.33. The van der Waals surface area contributed by atoms with Crippen LogP contribution in [0.1, 0.15) is 25.8 Å². The predicted octanol–water partition coefficient (Wildman–Crippen LogP) is 2.92. The Bertz CT molecular complexity index is 538. The second kappa shape index (κ2) is 12.2. The van der Waals surface area contributed by atoms with E-state index in [9.17, 15) is 9.59 Å². The second-order valence-corrected chi connectivity index (χ2v) is 7.40. The molecular formula is C18H30ClN3O2S. The number of hydrogen-bond donors (Lipinski definition) is 2. The van der Waals surface area contributed by atoms with Crippen molar-refractivity contribution >= 4 is 41.7 Å². The minimum atomic E-state index is -0.0962. The molecule has 0 aliphatic carbocycles. The topological polar surface area (TPSA) is 75.4 Å². The molecule has 1 aromatic rings. The SMILES string of the molecule is Cc1ccc(NC(=O)CSCC(=O)N(C)CCC(N)C(C)C)cc1.Cl. The van der Waals surface area contributed by atoms with Crippen molar-refractivity contribution in [1.82, 2.24) is 4.90 Å². The lowest BCUT2D eigenvalue weighted by atomic mass is 10.0. The molecule has 0 radical (unpaired) electrons. The molecule has 0 saturated heterocycles. The fourth-order valence-electron chi connectivity index (χ4n) is 1.98. The van der Waals surface area contributed by atoms with Crippen molar-refractivity contribution in [2.24, 2.45) is 11.7 Å². The Hall–Kier alpha value is -1.24. The lowest BCUT2D eigenvalue weighted by molar-refractivity contribution is -0.127. The van der Waals surface area contributed by atoms with Crippen molar-refractivity contribution in [1.29, 1.82) is 0 Å². The lowest BCUT2D eigenvalue weighted by Crippen LogP contribution is -2.35. The third-order valence-corrected chi connectivity index (χ3v) is 4.79. The minimum absolute atomic E-state index is 0. The molecular weight excluding hydrogens is 358 g/mol. The van der Waals surface area contributed by atoms with E-state index in [1.165, 1.54) is 11.8 Å². The van der Waals surface area contributed by atoms with Gasteiger partial charge >= 0.3 is 0 Å². The van der Waals surface area contributed by atoms with Crippen molar-refractivity contribution in [3.63, 3.8) is 0 Å². The number of hydrogen-bond acceptors (Lipinski definition) is 4. The molecule has 0 heterocycles. The van der Waals surface area contributed by atoms with Gasteiger partial charge in [0.05, 0.1) is 11.5 Å². The molecule has 0 fully saturated rings. The van der Waals surface area contributed by atoms with Gasteiger partial charge in [0.2, 0.25) is 11.8 Å². The number of benzene rings is 1. The van der Waals surface area contributed by atoms with E-state index in [4.69, 9.17) is 5.73 Å². The molecule has 1 unspecified atom stereocenters. The number of nitrogens with two attached hydrogens (primary N) is 1. The summed E-state index contributed by atoms with van der Waals surface area (Å²) in [5.41, 5.74) is 7.91. The quantitative estimate of drug-likeness (QED) is 0.683. The van der Waals surface area contributed by atoms with E-state index >= 15 is 0 Å². The number of carbonyl (C=O) groups excluding carboxylic acids is 2. The van der Waals surface area contributed by atoms with Crippen molar-refractivity contribution in [2.75, 3.05) is 30.4 Å². The van der Waals surface area contributed by atoms with Gasteiger partial charge in [-0.3, -0.25) is 9.59 Å². The molecule has 0 aromatic heterocycles. The molecule has 142 valence electrons. The minimum Gasteiger partial charge on any atom is -0.345 e. The summed E-state index contributed by atoms with van der Waals surface area (Å²) in [4.78, 5) is 25.6. The Morgan fingerprint density at radius 2 is 1.80 bits per heavy atom. The monoisotopic (exact) mass is 387 g/mol. The van der Waals surface area contributed by atoms with E-state index in [1.807, 2.05) is 31.2 Å². The molecule has 0 aliphatic heterocycles. The summed E-state index contributed by atoms with van der Waals surface area (Å²) in [7, 11) is 1.78. The summed E-state index contributed by atoms with van der Waals surface area (Å²) < 4.78 is 0. The van der Waals surface area contributed by atoms with Crippen molar-refractivity contribution in [3.05, 3.63) is 29.8 Å². The fraction of sp³-hybridized carbons (Fsp3) is 0.556. The molecule has 0 aliphatic rings. The first-order valence-electron chi connectivity index (χ1n) is 8.23. The molecule has 0 saturated carbocycles. The first-order chi connectivity index (χ1) is 11.3. The van der Waals surface area contributed by atoms with Gasteiger partial charge in [-0.25, -0.2) is 0 Å². The van der Waals surface area contributed by atoms with Crippen LogP contribution < -0.4 is 11.1 Å². The lowest BCUT2D eigenvalue weighted by Gasteiger charge is -2.21. The van der Waals surface area contributed by atoms with Crippen LogP contribution in [0, 0.1) is 12.8 Å². The molecule has 25 heavy (non-hydrogen) atoms. The van der Waals surface area contributed by atoms with Crippen LogP contribution in [-0.2, 0) is 9.59 Å². The summed E-state index contributed by atoms with van der Waals surface area (Å²) in [5, 5.41) is 2.82. The largest absolute Gasteiger partial charge is 0.345 e. The zero-order valence-electron chi connectivity index (χ0n) is 15.5. The number of nitrogens with zero attached hydrogens (tertiary/aromatic N) is 1. The Morgan fingerprint density at radius 3 is 2.36 bits per heavy atom. The van der Waals surface area contributed by atoms with Gasteiger partial charge in [-0.1, -0.05) is 31.5 Å². The van der Waals surface area contributed by atoms with Crippen LogP contribution in [0.25, 0.3) is 0 Å². The van der Waals surface area contributed by atoms with Gasteiger partial charge in [-0.15, -0.1) is 24.2 Å². The molecule has 1 atom stereocenters. The summed E-state index contributed by atoms with van der Waals surface area (Å²) in [5.74, 6) is 0.904. The number of carbonyl (C=O) groups is 2. The third-order valence-electron chi connectivity index (χ3n) is 3.87. The highest BCUT2D eigenvalue weighted by Gasteiger charge is 2.13. The second-order valence-electron chi connectivity index (χ2n) is 6.42. The van der Waals surface area contributed by atoms with Gasteiger partial charge in [-0.2, -0.15) is 0 Å². The predicted molar refractivity (Wildman–Crippen MR) is 109 cm³/mol. The van der Waals surface area contributed by atoms with Gasteiger partial charge in [0, 0.05) is 25.3 Å². The Balaban J connectivity index is 0.00000576. The normalized spacial score (nSPS) is 11.6. The number of amides is 2. The molecule has 1 rings (SSSR count). The van der Waals surface area contributed by atoms with Crippen LogP contribution in [0.5, 0.6) is 0 Å². The summed E-state index contributed by atoms with van der Waals surface area (Å²) in [6.07, 6.45) is 0.790. The first-order valence-corrected chi connectivity index (χ1v) is 9.39. The average molecular weight is 388 g/mol. The summed E-state index contributed by atoms with van der Waals surface area (Å²) in [6, 6.07) is 7.74. The molecule has 0 spiro atoms. The molecule has 1 aromatic carbocycles. The Labute approximate surface area is 161 Å². The van der Waals surface area contributed by atoms with E-state index in [1.54, 1.807) is 11.9 Å². The van der Waals surface area contributed by atoms with Crippen LogP contribution >= 0.6 is 24.2 Å². The van der Waals surface area contributed by atoms with Crippen LogP contribution in [0.4, 0.5) is 5.69 Å². The molecule has 2 amide bonds. The average Bonchev–Trinajstić information content (AvgIpc) is 2.54. The number of nitrogens with one attached hydrogen (secondary N) is 1.